The predicted molar refractivity (Wildman–Crippen MR) is 91.3 cm³/mol. The molecule has 0 saturated carbocycles. The van der Waals surface area contributed by atoms with Crippen molar-refractivity contribution < 1.29 is 9.90 Å². The average Bonchev–Trinajstić information content (AvgIpc) is 2.95. The van der Waals surface area contributed by atoms with E-state index in [1.807, 2.05) is 36.6 Å². The van der Waals surface area contributed by atoms with Crippen LogP contribution in [0.5, 0.6) is 0 Å². The minimum absolute atomic E-state index is 0.0704. The van der Waals surface area contributed by atoms with Gasteiger partial charge in [-0.2, -0.15) is 0 Å². The van der Waals surface area contributed by atoms with Crippen LogP contribution in [0.2, 0.25) is 0 Å². The van der Waals surface area contributed by atoms with Crippen LogP contribution in [-0.4, -0.2) is 44.2 Å². The number of aryl methyl sites for hydroxylation is 1. The van der Waals surface area contributed by atoms with Crippen LogP contribution in [0.25, 0.3) is 11.4 Å². The Morgan fingerprint density at radius 3 is 2.87 bits per heavy atom. The molecule has 0 spiro atoms. The number of aliphatic hydroxyl groups is 1. The molecular weight excluding hydrogens is 312 g/mol. The van der Waals surface area contributed by atoms with Gasteiger partial charge >= 0.3 is 0 Å². The summed E-state index contributed by atoms with van der Waals surface area (Å²) in [6.07, 6.45) is 0. The highest BCUT2D eigenvalue weighted by molar-refractivity contribution is 7.99. The van der Waals surface area contributed by atoms with E-state index in [2.05, 4.69) is 21.6 Å². The van der Waals surface area contributed by atoms with Gasteiger partial charge in [0.1, 0.15) is 0 Å². The zero-order chi connectivity index (χ0) is 16.8. The SMILES string of the molecule is CCn1c(SCC(=O)NC(C)CO)nnc1-c1cccc(C)c1. The smallest absolute Gasteiger partial charge is 0.230 e. The molecule has 1 unspecified atom stereocenters. The lowest BCUT2D eigenvalue weighted by Gasteiger charge is -2.11. The minimum atomic E-state index is -0.241. The van der Waals surface area contributed by atoms with E-state index < -0.39 is 0 Å². The van der Waals surface area contributed by atoms with Gasteiger partial charge in [-0.05, 0) is 26.8 Å². The van der Waals surface area contributed by atoms with Crippen molar-refractivity contribution in [1.29, 1.82) is 0 Å². The third-order valence-corrected chi connectivity index (χ3v) is 4.29. The Morgan fingerprint density at radius 2 is 2.22 bits per heavy atom. The lowest BCUT2D eigenvalue weighted by molar-refractivity contribution is -0.119. The molecule has 0 saturated heterocycles. The highest BCUT2D eigenvalue weighted by atomic mass is 32.2. The van der Waals surface area contributed by atoms with E-state index in [9.17, 15) is 4.79 Å². The number of carbonyl (C=O) groups is 1. The van der Waals surface area contributed by atoms with Crippen LogP contribution in [0.4, 0.5) is 0 Å². The summed E-state index contributed by atoms with van der Waals surface area (Å²) in [5.74, 6) is 0.929. The van der Waals surface area contributed by atoms with Gasteiger partial charge in [-0.25, -0.2) is 0 Å². The van der Waals surface area contributed by atoms with Crippen LogP contribution in [0.15, 0.2) is 29.4 Å². The van der Waals surface area contributed by atoms with E-state index in [0.29, 0.717) is 0 Å². The van der Waals surface area contributed by atoms with Crippen LogP contribution in [-0.2, 0) is 11.3 Å². The molecule has 1 aromatic heterocycles. The number of carbonyl (C=O) groups excluding carboxylic acids is 1. The zero-order valence-corrected chi connectivity index (χ0v) is 14.4. The monoisotopic (exact) mass is 334 g/mol. The first kappa shape index (κ1) is 17.5. The van der Waals surface area contributed by atoms with Crippen molar-refractivity contribution in [2.24, 2.45) is 0 Å². The Hall–Kier alpha value is -1.86. The van der Waals surface area contributed by atoms with Crippen LogP contribution in [0, 0.1) is 6.92 Å². The van der Waals surface area contributed by atoms with Crippen LogP contribution in [0.1, 0.15) is 19.4 Å². The topological polar surface area (TPSA) is 80.0 Å². The second-order valence-corrected chi connectivity index (χ2v) is 6.30. The maximum absolute atomic E-state index is 11.8. The van der Waals surface area contributed by atoms with E-state index in [1.165, 1.54) is 17.3 Å². The molecule has 1 aromatic carbocycles. The number of aromatic nitrogens is 3. The first-order valence-corrected chi connectivity index (χ1v) is 8.57. The molecule has 2 N–H and O–H groups in total. The summed E-state index contributed by atoms with van der Waals surface area (Å²) in [5, 5.41) is 20.9. The van der Waals surface area contributed by atoms with E-state index in [0.717, 1.165) is 23.1 Å². The van der Waals surface area contributed by atoms with Crippen molar-refractivity contribution in [3.63, 3.8) is 0 Å². The number of amides is 1. The molecule has 23 heavy (non-hydrogen) atoms. The fraction of sp³-hybridized carbons (Fsp3) is 0.438. The second kappa shape index (κ2) is 8.12. The molecule has 2 rings (SSSR count). The summed E-state index contributed by atoms with van der Waals surface area (Å²) < 4.78 is 2.00. The Labute approximate surface area is 140 Å². The third kappa shape index (κ3) is 4.56. The van der Waals surface area contributed by atoms with Crippen molar-refractivity contribution in [3.05, 3.63) is 29.8 Å². The second-order valence-electron chi connectivity index (χ2n) is 5.36. The van der Waals surface area contributed by atoms with Crippen molar-refractivity contribution in [2.45, 2.75) is 38.5 Å². The number of nitrogens with one attached hydrogen (secondary N) is 1. The molecule has 1 heterocycles. The minimum Gasteiger partial charge on any atom is -0.394 e. The molecule has 1 amide bonds. The van der Waals surface area contributed by atoms with Crippen LogP contribution < -0.4 is 5.32 Å². The van der Waals surface area contributed by atoms with Gasteiger partial charge in [-0.15, -0.1) is 10.2 Å². The standard InChI is InChI=1S/C16H22N4O2S/c1-4-20-15(13-7-5-6-11(2)8-13)18-19-16(20)23-10-14(22)17-12(3)9-21/h5-8,12,21H,4,9-10H2,1-3H3,(H,17,22). The quantitative estimate of drug-likeness (QED) is 0.756. The van der Waals surface area contributed by atoms with Gasteiger partial charge in [0.15, 0.2) is 11.0 Å². The van der Waals surface area contributed by atoms with E-state index >= 15 is 0 Å². The number of hydrogen-bond acceptors (Lipinski definition) is 5. The summed E-state index contributed by atoms with van der Waals surface area (Å²) in [5.41, 5.74) is 2.18. The fourth-order valence-corrected chi connectivity index (χ4v) is 2.98. The lowest BCUT2D eigenvalue weighted by Crippen LogP contribution is -2.36. The molecule has 0 fully saturated rings. The number of hydrogen-bond donors (Lipinski definition) is 2. The molecule has 124 valence electrons. The molecule has 0 aliphatic carbocycles. The van der Waals surface area contributed by atoms with E-state index in [-0.39, 0.29) is 24.3 Å². The lowest BCUT2D eigenvalue weighted by atomic mass is 10.1. The van der Waals surface area contributed by atoms with Gasteiger partial charge in [0.2, 0.25) is 5.91 Å². The molecule has 1 atom stereocenters. The van der Waals surface area contributed by atoms with Crippen molar-refractivity contribution in [2.75, 3.05) is 12.4 Å². The highest BCUT2D eigenvalue weighted by Gasteiger charge is 2.15. The molecule has 0 radical (unpaired) electrons. The van der Waals surface area contributed by atoms with Gasteiger partial charge in [-0.3, -0.25) is 4.79 Å². The van der Waals surface area contributed by atoms with Crippen molar-refractivity contribution >= 4 is 17.7 Å². The summed E-state index contributed by atoms with van der Waals surface area (Å²) in [6, 6.07) is 7.87. The molecule has 7 heteroatoms. The molecule has 0 aliphatic rings. The van der Waals surface area contributed by atoms with E-state index in [4.69, 9.17) is 5.11 Å². The number of benzene rings is 1. The first-order chi connectivity index (χ1) is 11.0. The summed E-state index contributed by atoms with van der Waals surface area (Å²) in [6.45, 7) is 6.48. The normalized spacial score (nSPS) is 12.2. The van der Waals surface area contributed by atoms with Gasteiger partial charge in [-0.1, -0.05) is 35.5 Å². The molecule has 0 bridgehead atoms. The molecule has 6 nitrogen and oxygen atoms in total. The Bertz CT molecular complexity index is 672. The third-order valence-electron chi connectivity index (χ3n) is 3.32. The first-order valence-electron chi connectivity index (χ1n) is 7.58. The highest BCUT2D eigenvalue weighted by Crippen LogP contribution is 2.24. The Balaban J connectivity index is 2.11. The van der Waals surface area contributed by atoms with Gasteiger partial charge in [0, 0.05) is 18.2 Å². The summed E-state index contributed by atoms with van der Waals surface area (Å²) in [7, 11) is 0. The van der Waals surface area contributed by atoms with Crippen molar-refractivity contribution in [1.82, 2.24) is 20.1 Å². The summed E-state index contributed by atoms with van der Waals surface area (Å²) >= 11 is 1.35. The maximum atomic E-state index is 11.8. The largest absolute Gasteiger partial charge is 0.394 e. The van der Waals surface area contributed by atoms with E-state index in [1.54, 1.807) is 6.92 Å². The zero-order valence-electron chi connectivity index (χ0n) is 13.6. The van der Waals surface area contributed by atoms with Crippen LogP contribution >= 0.6 is 11.8 Å². The number of rotatable bonds is 7. The summed E-state index contributed by atoms with van der Waals surface area (Å²) in [4.78, 5) is 11.8. The van der Waals surface area contributed by atoms with Crippen molar-refractivity contribution in [3.8, 4) is 11.4 Å². The van der Waals surface area contributed by atoms with Crippen LogP contribution in [0.3, 0.4) is 0 Å². The maximum Gasteiger partial charge on any atom is 0.230 e. The fourth-order valence-electron chi connectivity index (χ4n) is 2.17. The van der Waals surface area contributed by atoms with Gasteiger partial charge in [0.25, 0.3) is 0 Å². The Kier molecular flexibility index (Phi) is 6.18. The average molecular weight is 334 g/mol. The Morgan fingerprint density at radius 1 is 1.43 bits per heavy atom. The number of thioether (sulfide) groups is 1. The predicted octanol–water partition coefficient (Wildman–Crippen LogP) is 1.86. The van der Waals surface area contributed by atoms with Gasteiger partial charge in [0.05, 0.1) is 12.4 Å². The molecular formula is C16H22N4O2S. The molecule has 2 aromatic rings. The molecule has 0 aliphatic heterocycles. The van der Waals surface area contributed by atoms with Gasteiger partial charge < -0.3 is 15.0 Å². The number of aliphatic hydroxyl groups excluding tert-OH is 1. The number of nitrogens with zero attached hydrogens (tertiary/aromatic N) is 3.